The molecule has 0 unspecified atom stereocenters. The molecule has 2 aromatic heterocycles. The highest BCUT2D eigenvalue weighted by Crippen LogP contribution is 2.13. The summed E-state index contributed by atoms with van der Waals surface area (Å²) in [5.74, 6) is -0.280. The molecule has 0 saturated carbocycles. The molecule has 3 rings (SSSR count). The van der Waals surface area contributed by atoms with Gasteiger partial charge < -0.3 is 5.11 Å². The van der Waals surface area contributed by atoms with Gasteiger partial charge in [-0.2, -0.15) is 0 Å². The molecule has 6 heteroatoms. The molecular formula is C13H16N4O2. The van der Waals surface area contributed by atoms with Gasteiger partial charge >= 0.3 is 5.97 Å². The molecule has 1 saturated heterocycles. The first-order valence-electron chi connectivity index (χ1n) is 6.54. The number of carboxylic acid groups (broad SMARTS) is 1. The Bertz CT molecular complexity index is 602. The van der Waals surface area contributed by atoms with E-state index in [1.54, 1.807) is 22.8 Å². The lowest BCUT2D eigenvalue weighted by Crippen LogP contribution is -2.29. The van der Waals surface area contributed by atoms with Crippen LogP contribution < -0.4 is 0 Å². The molecule has 0 spiro atoms. The quantitative estimate of drug-likeness (QED) is 0.903. The number of pyridine rings is 1. The Labute approximate surface area is 110 Å². The molecule has 3 heterocycles. The topological polar surface area (TPSA) is 70.7 Å². The van der Waals surface area contributed by atoms with Crippen molar-refractivity contribution in [2.24, 2.45) is 0 Å². The Balaban J connectivity index is 1.88. The van der Waals surface area contributed by atoms with Gasteiger partial charge in [0.05, 0.1) is 6.54 Å². The average Bonchev–Trinajstić information content (AvgIpc) is 2.81. The molecule has 1 fully saturated rings. The van der Waals surface area contributed by atoms with E-state index in [9.17, 15) is 4.79 Å². The van der Waals surface area contributed by atoms with Crippen molar-refractivity contribution in [3.8, 4) is 0 Å². The monoisotopic (exact) mass is 260 g/mol. The summed E-state index contributed by atoms with van der Waals surface area (Å²) in [7, 11) is 0. The summed E-state index contributed by atoms with van der Waals surface area (Å²) in [6.45, 7) is 2.84. The molecule has 0 amide bonds. The summed E-state index contributed by atoms with van der Waals surface area (Å²) in [6, 6.07) is 3.23. The minimum absolute atomic E-state index is 0.194. The van der Waals surface area contributed by atoms with E-state index in [0.29, 0.717) is 18.0 Å². The number of piperidine rings is 1. The van der Waals surface area contributed by atoms with Gasteiger partial charge in [-0.15, -0.1) is 5.10 Å². The average molecular weight is 260 g/mol. The zero-order valence-corrected chi connectivity index (χ0v) is 10.6. The number of likely N-dealkylation sites (tertiary alicyclic amines) is 1. The Morgan fingerprint density at radius 3 is 2.84 bits per heavy atom. The molecule has 0 bridgehead atoms. The fourth-order valence-electron chi connectivity index (χ4n) is 2.50. The summed E-state index contributed by atoms with van der Waals surface area (Å²) in [5, 5.41) is 13.5. The number of fused-ring (bicyclic) bond motifs is 1. The van der Waals surface area contributed by atoms with Gasteiger partial charge in [-0.05, 0) is 38.1 Å². The smallest absolute Gasteiger partial charge is 0.339 e. The number of hydrogen-bond acceptors (Lipinski definition) is 4. The molecule has 6 nitrogen and oxygen atoms in total. The van der Waals surface area contributed by atoms with E-state index in [1.165, 1.54) is 19.3 Å². The number of carbonyl (C=O) groups is 1. The molecule has 0 aromatic carbocycles. The summed E-state index contributed by atoms with van der Waals surface area (Å²) in [5.41, 5.74) is 0.613. The Hall–Kier alpha value is -1.95. The van der Waals surface area contributed by atoms with Gasteiger partial charge in [0.2, 0.25) is 0 Å². The number of aromatic carboxylic acids is 1. The van der Waals surface area contributed by atoms with Crippen molar-refractivity contribution in [2.45, 2.75) is 25.8 Å². The lowest BCUT2D eigenvalue weighted by atomic mass is 10.1. The molecule has 2 aromatic rings. The Kier molecular flexibility index (Phi) is 3.16. The number of rotatable bonds is 3. The van der Waals surface area contributed by atoms with Crippen LogP contribution in [-0.2, 0) is 6.54 Å². The standard InChI is InChI=1S/C13H16N4O2/c18-13(19)10-5-4-8-17-12(10)14-11(15-17)9-16-6-2-1-3-7-16/h4-5,8H,1-3,6-7,9H2,(H,18,19). The van der Waals surface area contributed by atoms with Crippen molar-refractivity contribution in [1.29, 1.82) is 0 Å². The fraction of sp³-hybridized carbons (Fsp3) is 0.462. The van der Waals surface area contributed by atoms with Crippen LogP contribution in [0.3, 0.4) is 0 Å². The SMILES string of the molecule is O=C(O)c1cccn2nc(CN3CCCCC3)nc12. The molecule has 1 aliphatic heterocycles. The summed E-state index contributed by atoms with van der Waals surface area (Å²) >= 11 is 0. The summed E-state index contributed by atoms with van der Waals surface area (Å²) < 4.78 is 1.54. The minimum atomic E-state index is -0.970. The van der Waals surface area contributed by atoms with Crippen molar-refractivity contribution in [3.05, 3.63) is 29.7 Å². The van der Waals surface area contributed by atoms with Gasteiger partial charge in [0.25, 0.3) is 0 Å². The third-order valence-electron chi connectivity index (χ3n) is 3.45. The van der Waals surface area contributed by atoms with Crippen molar-refractivity contribution in [1.82, 2.24) is 19.5 Å². The molecule has 100 valence electrons. The maximum Gasteiger partial charge on any atom is 0.339 e. The molecule has 0 aliphatic carbocycles. The zero-order chi connectivity index (χ0) is 13.2. The van der Waals surface area contributed by atoms with Crippen molar-refractivity contribution in [3.63, 3.8) is 0 Å². The highest BCUT2D eigenvalue weighted by molar-refractivity contribution is 5.94. The van der Waals surface area contributed by atoms with E-state index in [-0.39, 0.29) is 5.56 Å². The zero-order valence-electron chi connectivity index (χ0n) is 10.6. The fourth-order valence-corrected chi connectivity index (χ4v) is 2.50. The second kappa shape index (κ2) is 4.97. The number of nitrogens with zero attached hydrogens (tertiary/aromatic N) is 4. The van der Waals surface area contributed by atoms with Crippen molar-refractivity contribution < 1.29 is 9.90 Å². The third-order valence-corrected chi connectivity index (χ3v) is 3.45. The number of hydrogen-bond donors (Lipinski definition) is 1. The van der Waals surface area contributed by atoms with Crippen LogP contribution in [0.15, 0.2) is 18.3 Å². The van der Waals surface area contributed by atoms with Crippen LogP contribution in [0.5, 0.6) is 0 Å². The number of aromatic nitrogens is 3. The van der Waals surface area contributed by atoms with Crippen LogP contribution in [-0.4, -0.2) is 43.7 Å². The predicted octanol–water partition coefficient (Wildman–Crippen LogP) is 1.41. The van der Waals surface area contributed by atoms with Crippen molar-refractivity contribution in [2.75, 3.05) is 13.1 Å². The Morgan fingerprint density at radius 2 is 2.11 bits per heavy atom. The maximum absolute atomic E-state index is 11.1. The summed E-state index contributed by atoms with van der Waals surface area (Å²) in [4.78, 5) is 17.8. The van der Waals surface area contributed by atoms with Crippen LogP contribution in [0, 0.1) is 0 Å². The van der Waals surface area contributed by atoms with E-state index < -0.39 is 5.97 Å². The van der Waals surface area contributed by atoms with Gasteiger partial charge in [0.1, 0.15) is 5.56 Å². The van der Waals surface area contributed by atoms with E-state index in [4.69, 9.17) is 5.11 Å². The summed E-state index contributed by atoms with van der Waals surface area (Å²) in [6.07, 6.45) is 5.45. The van der Waals surface area contributed by atoms with Gasteiger partial charge in [-0.1, -0.05) is 6.42 Å². The normalized spacial score (nSPS) is 16.8. The largest absolute Gasteiger partial charge is 0.478 e. The van der Waals surface area contributed by atoms with Crippen LogP contribution in [0.1, 0.15) is 35.4 Å². The van der Waals surface area contributed by atoms with E-state index in [1.807, 2.05) is 0 Å². The second-order valence-electron chi connectivity index (χ2n) is 4.86. The van der Waals surface area contributed by atoms with E-state index >= 15 is 0 Å². The Morgan fingerprint density at radius 1 is 1.32 bits per heavy atom. The van der Waals surface area contributed by atoms with Crippen LogP contribution in [0.4, 0.5) is 0 Å². The first kappa shape index (κ1) is 12.1. The van der Waals surface area contributed by atoms with Gasteiger partial charge in [0, 0.05) is 6.20 Å². The van der Waals surface area contributed by atoms with Gasteiger partial charge in [-0.3, -0.25) is 4.90 Å². The van der Waals surface area contributed by atoms with Gasteiger partial charge in [-0.25, -0.2) is 14.3 Å². The van der Waals surface area contributed by atoms with Crippen LogP contribution >= 0.6 is 0 Å². The maximum atomic E-state index is 11.1. The molecular weight excluding hydrogens is 244 g/mol. The van der Waals surface area contributed by atoms with Crippen LogP contribution in [0.25, 0.3) is 5.65 Å². The molecule has 1 aliphatic rings. The number of carboxylic acids is 1. The molecule has 0 atom stereocenters. The second-order valence-corrected chi connectivity index (χ2v) is 4.86. The predicted molar refractivity (Wildman–Crippen MR) is 69.1 cm³/mol. The van der Waals surface area contributed by atoms with Gasteiger partial charge in [0.15, 0.2) is 11.5 Å². The first-order valence-corrected chi connectivity index (χ1v) is 6.54. The highest BCUT2D eigenvalue weighted by Gasteiger charge is 2.16. The minimum Gasteiger partial charge on any atom is -0.478 e. The van der Waals surface area contributed by atoms with Crippen molar-refractivity contribution >= 4 is 11.6 Å². The van der Waals surface area contributed by atoms with E-state index in [2.05, 4.69) is 15.0 Å². The molecule has 1 N–H and O–H groups in total. The van der Waals surface area contributed by atoms with E-state index in [0.717, 1.165) is 13.1 Å². The van der Waals surface area contributed by atoms with Crippen LogP contribution in [0.2, 0.25) is 0 Å². The third kappa shape index (κ3) is 2.44. The molecule has 0 radical (unpaired) electrons. The molecule has 19 heavy (non-hydrogen) atoms. The first-order chi connectivity index (χ1) is 9.24. The lowest BCUT2D eigenvalue weighted by Gasteiger charge is -2.24. The highest BCUT2D eigenvalue weighted by atomic mass is 16.4. The lowest BCUT2D eigenvalue weighted by molar-refractivity contribution is 0.0698.